The largest absolute Gasteiger partial charge is 0.347 e. The Morgan fingerprint density at radius 2 is 1.71 bits per heavy atom. The van der Waals surface area contributed by atoms with E-state index in [1.807, 2.05) is 26.0 Å². The SMILES string of the molecule is CC(C)(NC(=O)CCCCC(=O)C=O)c1ccc(Cl)cc1. The Bertz CT molecular complexity index is 509. The third-order valence-electron chi connectivity index (χ3n) is 3.23. The average molecular weight is 310 g/mol. The first kappa shape index (κ1) is 17.4. The molecule has 0 atom stereocenters. The van der Waals surface area contributed by atoms with Crippen LogP contribution in [0.5, 0.6) is 0 Å². The Kier molecular flexibility index (Phi) is 6.56. The molecule has 0 spiro atoms. The molecule has 4 nitrogen and oxygen atoms in total. The van der Waals surface area contributed by atoms with E-state index >= 15 is 0 Å². The van der Waals surface area contributed by atoms with Crippen LogP contribution in [-0.4, -0.2) is 18.0 Å². The molecule has 0 heterocycles. The molecule has 1 N–H and O–H groups in total. The van der Waals surface area contributed by atoms with Crippen LogP contribution in [0.25, 0.3) is 0 Å². The van der Waals surface area contributed by atoms with Gasteiger partial charge >= 0.3 is 0 Å². The second-order valence-corrected chi connectivity index (χ2v) is 5.91. The van der Waals surface area contributed by atoms with Crippen LogP contribution in [0.3, 0.4) is 0 Å². The molecule has 5 heteroatoms. The quantitative estimate of drug-likeness (QED) is 0.456. The number of benzene rings is 1. The Labute approximate surface area is 129 Å². The highest BCUT2D eigenvalue weighted by Gasteiger charge is 2.22. The second-order valence-electron chi connectivity index (χ2n) is 5.47. The smallest absolute Gasteiger partial charge is 0.220 e. The molecule has 0 saturated carbocycles. The first-order chi connectivity index (χ1) is 9.85. The fourth-order valence-corrected chi connectivity index (χ4v) is 2.12. The zero-order valence-corrected chi connectivity index (χ0v) is 13.1. The van der Waals surface area contributed by atoms with Crippen molar-refractivity contribution in [3.63, 3.8) is 0 Å². The Morgan fingerprint density at radius 1 is 1.14 bits per heavy atom. The van der Waals surface area contributed by atoms with E-state index in [-0.39, 0.29) is 12.3 Å². The van der Waals surface area contributed by atoms with Crippen LogP contribution in [0.2, 0.25) is 5.02 Å². The molecule has 1 rings (SSSR count). The summed E-state index contributed by atoms with van der Waals surface area (Å²) < 4.78 is 0. The maximum atomic E-state index is 11.9. The predicted molar refractivity (Wildman–Crippen MR) is 82.2 cm³/mol. The minimum atomic E-state index is -0.486. The number of amides is 1. The number of hydrogen-bond acceptors (Lipinski definition) is 3. The van der Waals surface area contributed by atoms with E-state index in [1.165, 1.54) is 0 Å². The van der Waals surface area contributed by atoms with Crippen molar-refractivity contribution in [3.05, 3.63) is 34.9 Å². The lowest BCUT2D eigenvalue weighted by Crippen LogP contribution is -2.40. The molecule has 0 saturated heterocycles. The summed E-state index contributed by atoms with van der Waals surface area (Å²) in [6.07, 6.45) is 2.00. The lowest BCUT2D eigenvalue weighted by Gasteiger charge is -2.27. The van der Waals surface area contributed by atoms with Gasteiger partial charge in [0.15, 0.2) is 12.1 Å². The number of Topliss-reactive ketones (excluding diaryl/α,β-unsaturated/α-hetero) is 1. The topological polar surface area (TPSA) is 63.2 Å². The van der Waals surface area contributed by atoms with Gasteiger partial charge in [-0.3, -0.25) is 14.4 Å². The summed E-state index contributed by atoms with van der Waals surface area (Å²) in [7, 11) is 0. The third-order valence-corrected chi connectivity index (χ3v) is 3.48. The summed E-state index contributed by atoms with van der Waals surface area (Å²) in [6, 6.07) is 7.34. The van der Waals surface area contributed by atoms with Gasteiger partial charge < -0.3 is 5.32 Å². The molecule has 0 aliphatic heterocycles. The summed E-state index contributed by atoms with van der Waals surface area (Å²) >= 11 is 5.85. The normalized spacial score (nSPS) is 11.0. The van der Waals surface area contributed by atoms with Crippen LogP contribution in [0.1, 0.15) is 45.1 Å². The fourth-order valence-electron chi connectivity index (χ4n) is 1.99. The van der Waals surface area contributed by atoms with E-state index in [0.29, 0.717) is 30.6 Å². The van der Waals surface area contributed by atoms with E-state index in [4.69, 9.17) is 11.6 Å². The highest BCUT2D eigenvalue weighted by molar-refractivity contribution is 6.30. The zero-order chi connectivity index (χ0) is 15.9. The average Bonchev–Trinajstić information content (AvgIpc) is 2.43. The number of halogens is 1. The molecule has 1 aromatic rings. The summed E-state index contributed by atoms with van der Waals surface area (Å²) in [4.78, 5) is 32.9. The first-order valence-corrected chi connectivity index (χ1v) is 7.28. The van der Waals surface area contributed by atoms with Gasteiger partial charge in [0.2, 0.25) is 5.91 Å². The van der Waals surface area contributed by atoms with Gasteiger partial charge in [-0.05, 0) is 44.4 Å². The van der Waals surface area contributed by atoms with Crippen molar-refractivity contribution in [1.82, 2.24) is 5.32 Å². The van der Waals surface area contributed by atoms with E-state index in [0.717, 1.165) is 5.56 Å². The van der Waals surface area contributed by atoms with Crippen molar-refractivity contribution in [3.8, 4) is 0 Å². The minimum Gasteiger partial charge on any atom is -0.347 e. The molecule has 0 unspecified atom stereocenters. The maximum absolute atomic E-state index is 11.9. The molecule has 0 fully saturated rings. The van der Waals surface area contributed by atoms with Gasteiger partial charge in [0.1, 0.15) is 0 Å². The fraction of sp³-hybridized carbons (Fsp3) is 0.438. The maximum Gasteiger partial charge on any atom is 0.220 e. The van der Waals surface area contributed by atoms with Crippen molar-refractivity contribution < 1.29 is 14.4 Å². The van der Waals surface area contributed by atoms with Gasteiger partial charge in [-0.15, -0.1) is 0 Å². The van der Waals surface area contributed by atoms with Crippen LogP contribution < -0.4 is 5.32 Å². The molecule has 0 aromatic heterocycles. The lowest BCUT2D eigenvalue weighted by molar-refractivity contribution is -0.130. The Hall–Kier alpha value is -1.68. The minimum absolute atomic E-state index is 0.0755. The van der Waals surface area contributed by atoms with Gasteiger partial charge in [0.05, 0.1) is 5.54 Å². The predicted octanol–water partition coefficient (Wildman–Crippen LogP) is 3.02. The van der Waals surface area contributed by atoms with Crippen molar-refractivity contribution in [2.75, 3.05) is 0 Å². The van der Waals surface area contributed by atoms with Crippen molar-refractivity contribution in [2.24, 2.45) is 0 Å². The molecule has 1 amide bonds. The molecule has 0 aliphatic rings. The van der Waals surface area contributed by atoms with Gasteiger partial charge in [0.25, 0.3) is 0 Å². The highest BCUT2D eigenvalue weighted by Crippen LogP contribution is 2.22. The van der Waals surface area contributed by atoms with E-state index in [1.54, 1.807) is 12.1 Å². The molecule has 0 aliphatic carbocycles. The van der Waals surface area contributed by atoms with Gasteiger partial charge in [-0.2, -0.15) is 0 Å². The summed E-state index contributed by atoms with van der Waals surface area (Å²) in [6.45, 7) is 3.84. The van der Waals surface area contributed by atoms with E-state index in [9.17, 15) is 14.4 Å². The lowest BCUT2D eigenvalue weighted by atomic mass is 9.94. The number of unbranched alkanes of at least 4 members (excludes halogenated alkanes) is 1. The molecular formula is C16H20ClNO3. The number of hydrogen-bond donors (Lipinski definition) is 1. The summed E-state index contributed by atoms with van der Waals surface area (Å²) in [5.41, 5.74) is 0.483. The van der Waals surface area contributed by atoms with Gasteiger partial charge in [0, 0.05) is 17.9 Å². The first-order valence-electron chi connectivity index (χ1n) is 6.90. The third kappa shape index (κ3) is 6.08. The molecule has 114 valence electrons. The number of carbonyl (C=O) groups excluding carboxylic acids is 3. The number of aldehydes is 1. The van der Waals surface area contributed by atoms with Crippen LogP contribution in [0.15, 0.2) is 24.3 Å². The number of rotatable bonds is 8. The standard InChI is InChI=1S/C16H20ClNO3/c1-16(2,12-7-9-13(17)10-8-12)18-15(21)6-4-3-5-14(20)11-19/h7-11H,3-6H2,1-2H3,(H,18,21). The number of nitrogens with one attached hydrogen (secondary N) is 1. The number of carbonyl (C=O) groups is 3. The zero-order valence-electron chi connectivity index (χ0n) is 12.3. The monoisotopic (exact) mass is 309 g/mol. The number of ketones is 1. The molecule has 0 radical (unpaired) electrons. The van der Waals surface area contributed by atoms with Crippen LogP contribution in [-0.2, 0) is 19.9 Å². The van der Waals surface area contributed by atoms with Gasteiger partial charge in [-0.1, -0.05) is 23.7 Å². The van der Waals surface area contributed by atoms with Crippen LogP contribution >= 0.6 is 11.6 Å². The van der Waals surface area contributed by atoms with Crippen LogP contribution in [0, 0.1) is 0 Å². The van der Waals surface area contributed by atoms with Crippen molar-refractivity contribution in [1.29, 1.82) is 0 Å². The molecule has 0 bridgehead atoms. The highest BCUT2D eigenvalue weighted by atomic mass is 35.5. The Morgan fingerprint density at radius 3 is 2.29 bits per heavy atom. The Balaban J connectivity index is 2.44. The van der Waals surface area contributed by atoms with Crippen molar-refractivity contribution >= 4 is 29.6 Å². The summed E-state index contributed by atoms with van der Waals surface area (Å²) in [5, 5.41) is 3.61. The second kappa shape index (κ2) is 7.93. The van der Waals surface area contributed by atoms with Crippen molar-refractivity contribution in [2.45, 2.75) is 45.1 Å². The van der Waals surface area contributed by atoms with E-state index < -0.39 is 11.3 Å². The summed E-state index contributed by atoms with van der Waals surface area (Å²) in [5.74, 6) is -0.495. The molecular weight excluding hydrogens is 290 g/mol. The van der Waals surface area contributed by atoms with Crippen LogP contribution in [0.4, 0.5) is 0 Å². The van der Waals surface area contributed by atoms with E-state index in [2.05, 4.69) is 5.32 Å². The molecule has 21 heavy (non-hydrogen) atoms. The van der Waals surface area contributed by atoms with Gasteiger partial charge in [-0.25, -0.2) is 0 Å². The molecule has 1 aromatic carbocycles.